The Morgan fingerprint density at radius 1 is 1.60 bits per heavy atom. The summed E-state index contributed by atoms with van der Waals surface area (Å²) in [7, 11) is 0. The highest BCUT2D eigenvalue weighted by molar-refractivity contribution is 5.82. The number of hydrogen-bond donors (Lipinski definition) is 1. The van der Waals surface area contributed by atoms with Crippen LogP contribution in [0, 0.1) is 0 Å². The number of rotatable bonds is 4. The van der Waals surface area contributed by atoms with E-state index in [0.29, 0.717) is 19.3 Å². The van der Waals surface area contributed by atoms with Crippen LogP contribution in [0.3, 0.4) is 0 Å². The average Bonchev–Trinajstić information content (AvgIpc) is 2.30. The van der Waals surface area contributed by atoms with Crippen LogP contribution in [0.2, 0.25) is 0 Å². The Morgan fingerprint density at radius 2 is 2.33 bits per heavy atom. The molecule has 0 radical (unpaired) electrons. The van der Waals surface area contributed by atoms with E-state index in [1.165, 1.54) is 0 Å². The van der Waals surface area contributed by atoms with Gasteiger partial charge in [0.25, 0.3) is 0 Å². The van der Waals surface area contributed by atoms with E-state index >= 15 is 0 Å². The summed E-state index contributed by atoms with van der Waals surface area (Å²) in [5.41, 5.74) is 0. The lowest BCUT2D eigenvalue weighted by Gasteiger charge is -2.32. The van der Waals surface area contributed by atoms with Gasteiger partial charge in [-0.1, -0.05) is 6.92 Å². The quantitative estimate of drug-likeness (QED) is 0.746. The third-order valence-electron chi connectivity index (χ3n) is 2.97. The molecule has 0 aromatic heterocycles. The maximum atomic E-state index is 12.1. The highest BCUT2D eigenvalue weighted by Gasteiger charge is 2.27. The van der Waals surface area contributed by atoms with E-state index in [2.05, 4.69) is 19.2 Å². The van der Waals surface area contributed by atoms with E-state index in [0.717, 1.165) is 19.5 Å². The molecule has 1 amide bonds. The summed E-state index contributed by atoms with van der Waals surface area (Å²) in [6.45, 7) is 8.97. The summed E-state index contributed by atoms with van der Waals surface area (Å²) in [5.74, 6) is 0.173. The first kappa shape index (κ1) is 12.5. The predicted molar refractivity (Wildman–Crippen MR) is 59.7 cm³/mol. The summed E-state index contributed by atoms with van der Waals surface area (Å²) in [6.07, 6.45) is 0.993. The van der Waals surface area contributed by atoms with Crippen LogP contribution < -0.4 is 5.32 Å². The summed E-state index contributed by atoms with van der Waals surface area (Å²) in [6, 6.07) is 0.166. The van der Waals surface area contributed by atoms with Crippen LogP contribution in [0.4, 0.5) is 0 Å². The number of likely N-dealkylation sites (N-methyl/N-ethyl adjacent to an activating group) is 1. The molecule has 1 aliphatic heterocycles. The molecule has 0 bridgehead atoms. The van der Waals surface area contributed by atoms with Crippen molar-refractivity contribution in [3.05, 3.63) is 0 Å². The van der Waals surface area contributed by atoms with Crippen molar-refractivity contribution in [2.24, 2.45) is 0 Å². The van der Waals surface area contributed by atoms with E-state index in [-0.39, 0.29) is 11.9 Å². The molecule has 4 heteroatoms. The number of hydrogen-bond acceptors (Lipinski definition) is 3. The fourth-order valence-electron chi connectivity index (χ4n) is 1.83. The van der Waals surface area contributed by atoms with Gasteiger partial charge in [0, 0.05) is 19.1 Å². The van der Waals surface area contributed by atoms with Crippen molar-refractivity contribution in [3.63, 3.8) is 0 Å². The molecule has 0 aromatic carbocycles. The Bertz CT molecular complexity index is 203. The number of ether oxygens (including phenoxy) is 1. The van der Waals surface area contributed by atoms with Gasteiger partial charge in [-0.2, -0.15) is 0 Å². The number of nitrogens with zero attached hydrogens (tertiary/aromatic N) is 1. The zero-order valence-corrected chi connectivity index (χ0v) is 9.95. The van der Waals surface area contributed by atoms with Crippen LogP contribution in [0.15, 0.2) is 0 Å². The van der Waals surface area contributed by atoms with Gasteiger partial charge in [-0.15, -0.1) is 0 Å². The van der Waals surface area contributed by atoms with Crippen LogP contribution in [0.5, 0.6) is 0 Å². The van der Waals surface area contributed by atoms with Crippen LogP contribution in [0.25, 0.3) is 0 Å². The second-order valence-electron chi connectivity index (χ2n) is 3.96. The van der Waals surface area contributed by atoms with Gasteiger partial charge in [0.05, 0.1) is 13.2 Å². The van der Waals surface area contributed by atoms with Crippen molar-refractivity contribution in [2.45, 2.75) is 39.3 Å². The third kappa shape index (κ3) is 3.18. The molecule has 1 saturated heterocycles. The van der Waals surface area contributed by atoms with Crippen molar-refractivity contribution in [1.29, 1.82) is 0 Å². The second kappa shape index (κ2) is 6.08. The van der Waals surface area contributed by atoms with Gasteiger partial charge >= 0.3 is 0 Å². The molecule has 0 aromatic rings. The monoisotopic (exact) mass is 214 g/mol. The van der Waals surface area contributed by atoms with Crippen LogP contribution in [-0.4, -0.2) is 49.2 Å². The first-order chi connectivity index (χ1) is 7.20. The van der Waals surface area contributed by atoms with Crippen molar-refractivity contribution >= 4 is 5.91 Å². The average molecular weight is 214 g/mol. The molecule has 0 aliphatic carbocycles. The van der Waals surface area contributed by atoms with Crippen LogP contribution >= 0.6 is 0 Å². The summed E-state index contributed by atoms with van der Waals surface area (Å²) in [4.78, 5) is 14.0. The Hall–Kier alpha value is -0.610. The summed E-state index contributed by atoms with van der Waals surface area (Å²) in [5, 5.41) is 3.20. The third-order valence-corrected chi connectivity index (χ3v) is 2.97. The van der Waals surface area contributed by atoms with E-state index < -0.39 is 0 Å². The Labute approximate surface area is 92.0 Å². The number of amides is 1. The first-order valence-electron chi connectivity index (χ1n) is 5.82. The van der Waals surface area contributed by atoms with Gasteiger partial charge in [-0.3, -0.25) is 4.79 Å². The smallest absolute Gasteiger partial charge is 0.242 e. The van der Waals surface area contributed by atoms with Gasteiger partial charge in [0.15, 0.2) is 0 Å². The Morgan fingerprint density at radius 3 is 2.80 bits per heavy atom. The van der Waals surface area contributed by atoms with E-state index in [1.807, 2.05) is 11.8 Å². The maximum Gasteiger partial charge on any atom is 0.242 e. The van der Waals surface area contributed by atoms with Gasteiger partial charge < -0.3 is 15.0 Å². The Kier molecular flexibility index (Phi) is 5.05. The van der Waals surface area contributed by atoms with Crippen molar-refractivity contribution in [2.75, 3.05) is 26.3 Å². The fraction of sp³-hybridized carbons (Fsp3) is 0.909. The molecule has 2 atom stereocenters. The first-order valence-corrected chi connectivity index (χ1v) is 5.82. The molecule has 1 rings (SSSR count). The molecule has 0 saturated carbocycles. The lowest BCUT2D eigenvalue weighted by Crippen LogP contribution is -2.54. The largest absolute Gasteiger partial charge is 0.378 e. The van der Waals surface area contributed by atoms with Crippen LogP contribution in [-0.2, 0) is 9.53 Å². The SMILES string of the molecule is CCC(C)N(CC)C(=O)C1COCCN1. The molecule has 0 spiro atoms. The molecule has 15 heavy (non-hydrogen) atoms. The summed E-state index contributed by atoms with van der Waals surface area (Å²) >= 11 is 0. The number of carbonyl (C=O) groups is 1. The van der Waals surface area contributed by atoms with Gasteiger partial charge in [0.1, 0.15) is 6.04 Å². The second-order valence-corrected chi connectivity index (χ2v) is 3.96. The van der Waals surface area contributed by atoms with Crippen molar-refractivity contribution in [3.8, 4) is 0 Å². The number of carbonyl (C=O) groups excluding carboxylic acids is 1. The standard InChI is InChI=1S/C11H22N2O2/c1-4-9(3)13(5-2)11(14)10-8-15-7-6-12-10/h9-10,12H,4-8H2,1-3H3. The minimum absolute atomic E-state index is 0.146. The maximum absolute atomic E-state index is 12.1. The number of morpholine rings is 1. The molecule has 1 fully saturated rings. The molecular formula is C11H22N2O2. The molecule has 1 heterocycles. The van der Waals surface area contributed by atoms with Gasteiger partial charge in [-0.05, 0) is 20.3 Å². The predicted octanol–water partition coefficient (Wildman–Crippen LogP) is 0.622. The molecule has 2 unspecified atom stereocenters. The zero-order valence-electron chi connectivity index (χ0n) is 9.95. The molecule has 1 aliphatic rings. The number of nitrogens with one attached hydrogen (secondary N) is 1. The molecule has 88 valence electrons. The van der Waals surface area contributed by atoms with Gasteiger partial charge in [-0.25, -0.2) is 0 Å². The topological polar surface area (TPSA) is 41.6 Å². The Balaban J connectivity index is 2.54. The summed E-state index contributed by atoms with van der Waals surface area (Å²) < 4.78 is 5.30. The minimum Gasteiger partial charge on any atom is -0.378 e. The van der Waals surface area contributed by atoms with Crippen molar-refractivity contribution in [1.82, 2.24) is 10.2 Å². The molecule has 4 nitrogen and oxygen atoms in total. The molecule has 1 N–H and O–H groups in total. The van der Waals surface area contributed by atoms with E-state index in [4.69, 9.17) is 4.74 Å². The lowest BCUT2D eigenvalue weighted by atomic mass is 10.1. The highest BCUT2D eigenvalue weighted by Crippen LogP contribution is 2.07. The molecular weight excluding hydrogens is 192 g/mol. The fourth-order valence-corrected chi connectivity index (χ4v) is 1.83. The van der Waals surface area contributed by atoms with Gasteiger partial charge in [0.2, 0.25) is 5.91 Å². The van der Waals surface area contributed by atoms with E-state index in [1.54, 1.807) is 0 Å². The zero-order chi connectivity index (χ0) is 11.3. The van der Waals surface area contributed by atoms with Crippen molar-refractivity contribution < 1.29 is 9.53 Å². The highest BCUT2D eigenvalue weighted by atomic mass is 16.5. The minimum atomic E-state index is -0.146. The van der Waals surface area contributed by atoms with E-state index in [9.17, 15) is 4.79 Å². The van der Waals surface area contributed by atoms with Crippen LogP contribution in [0.1, 0.15) is 27.2 Å². The normalized spacial score (nSPS) is 23.5. The lowest BCUT2D eigenvalue weighted by molar-refractivity contribution is -0.138.